The van der Waals surface area contributed by atoms with Gasteiger partial charge in [-0.05, 0) is 22.0 Å². The van der Waals surface area contributed by atoms with Crippen molar-refractivity contribution in [3.63, 3.8) is 0 Å². The number of carbonyl (C=O) groups is 1. The smallest absolute Gasteiger partial charge is 0.153 e. The fraction of sp³-hybridized carbons (Fsp3) is 0.300. The zero-order chi connectivity index (χ0) is 10.1. The molecule has 1 heterocycles. The molecule has 0 unspecified atom stereocenters. The average Bonchev–Trinajstić information content (AvgIpc) is 2.65. The molecule has 0 aromatic heterocycles. The van der Waals surface area contributed by atoms with Crippen LogP contribution in [0.5, 0.6) is 11.5 Å². The van der Waals surface area contributed by atoms with Crippen LogP contribution in [-0.2, 0) is 6.42 Å². The summed E-state index contributed by atoms with van der Waals surface area (Å²) in [5.41, 5.74) is 1.59. The first-order valence-electron chi connectivity index (χ1n) is 4.25. The third-order valence-corrected chi connectivity index (χ3v) is 3.09. The van der Waals surface area contributed by atoms with Gasteiger partial charge in [0.25, 0.3) is 0 Å². The normalized spacial score (nSPS) is 13.3. The Morgan fingerprint density at radius 1 is 1.64 bits per heavy atom. The largest absolute Gasteiger partial charge is 0.495 e. The number of rotatable bonds is 2. The Hall–Kier alpha value is -1.03. The van der Waals surface area contributed by atoms with Crippen molar-refractivity contribution in [1.29, 1.82) is 0 Å². The number of aldehydes is 1. The Morgan fingerprint density at radius 3 is 3.07 bits per heavy atom. The van der Waals surface area contributed by atoms with Crippen LogP contribution >= 0.6 is 15.9 Å². The lowest BCUT2D eigenvalue weighted by molar-refractivity contribution is 0.112. The van der Waals surface area contributed by atoms with Crippen LogP contribution in [0.1, 0.15) is 15.9 Å². The van der Waals surface area contributed by atoms with E-state index in [4.69, 9.17) is 9.47 Å². The number of benzene rings is 1. The van der Waals surface area contributed by atoms with Gasteiger partial charge in [0, 0.05) is 12.0 Å². The Balaban J connectivity index is 2.65. The zero-order valence-corrected chi connectivity index (χ0v) is 9.26. The number of ether oxygens (including phenoxy) is 2. The van der Waals surface area contributed by atoms with Crippen LogP contribution < -0.4 is 9.47 Å². The molecule has 1 aromatic rings. The third kappa shape index (κ3) is 1.30. The molecule has 14 heavy (non-hydrogen) atoms. The summed E-state index contributed by atoms with van der Waals surface area (Å²) in [4.78, 5) is 10.8. The van der Waals surface area contributed by atoms with Gasteiger partial charge in [-0.25, -0.2) is 0 Å². The van der Waals surface area contributed by atoms with Gasteiger partial charge in [0.1, 0.15) is 11.5 Å². The maximum absolute atomic E-state index is 10.8. The minimum Gasteiger partial charge on any atom is -0.495 e. The predicted molar refractivity (Wildman–Crippen MR) is 55.3 cm³/mol. The van der Waals surface area contributed by atoms with E-state index in [0.29, 0.717) is 17.9 Å². The predicted octanol–water partition coefficient (Wildman–Crippen LogP) is 2.21. The van der Waals surface area contributed by atoms with Gasteiger partial charge in [0.05, 0.1) is 23.8 Å². The second-order valence-electron chi connectivity index (χ2n) is 3.01. The summed E-state index contributed by atoms with van der Waals surface area (Å²) in [6.45, 7) is 0.666. The van der Waals surface area contributed by atoms with E-state index in [1.165, 1.54) is 0 Å². The van der Waals surface area contributed by atoms with E-state index in [9.17, 15) is 4.79 Å². The van der Waals surface area contributed by atoms with Crippen molar-refractivity contribution >= 4 is 22.2 Å². The Labute approximate surface area is 90.1 Å². The van der Waals surface area contributed by atoms with Crippen molar-refractivity contribution in [2.75, 3.05) is 13.7 Å². The van der Waals surface area contributed by atoms with Gasteiger partial charge in [-0.2, -0.15) is 0 Å². The molecule has 1 aromatic carbocycles. The van der Waals surface area contributed by atoms with Crippen molar-refractivity contribution in [2.24, 2.45) is 0 Å². The van der Waals surface area contributed by atoms with Crippen LogP contribution in [0.15, 0.2) is 10.5 Å². The van der Waals surface area contributed by atoms with E-state index < -0.39 is 0 Å². The molecule has 4 heteroatoms. The molecule has 0 atom stereocenters. The van der Waals surface area contributed by atoms with Crippen molar-refractivity contribution in [1.82, 2.24) is 0 Å². The summed E-state index contributed by atoms with van der Waals surface area (Å²) in [6, 6.07) is 1.72. The number of methoxy groups -OCH3 is 1. The zero-order valence-electron chi connectivity index (χ0n) is 7.67. The van der Waals surface area contributed by atoms with Gasteiger partial charge in [0.2, 0.25) is 0 Å². The van der Waals surface area contributed by atoms with Crippen molar-refractivity contribution < 1.29 is 14.3 Å². The van der Waals surface area contributed by atoms with Crippen molar-refractivity contribution in [3.8, 4) is 11.5 Å². The summed E-state index contributed by atoms with van der Waals surface area (Å²) >= 11 is 3.42. The van der Waals surface area contributed by atoms with E-state index in [-0.39, 0.29) is 0 Å². The van der Waals surface area contributed by atoms with Crippen LogP contribution in [0.25, 0.3) is 0 Å². The minimum atomic E-state index is 0.514. The Kier molecular flexibility index (Phi) is 2.46. The number of carbonyl (C=O) groups excluding carboxylic acids is 1. The third-order valence-electron chi connectivity index (χ3n) is 2.25. The molecule has 2 rings (SSSR count). The van der Waals surface area contributed by atoms with E-state index in [2.05, 4.69) is 15.9 Å². The fourth-order valence-electron chi connectivity index (χ4n) is 1.59. The topological polar surface area (TPSA) is 35.5 Å². The maximum atomic E-state index is 10.8. The molecular weight excluding hydrogens is 248 g/mol. The first-order chi connectivity index (χ1) is 6.77. The van der Waals surface area contributed by atoms with Crippen molar-refractivity contribution in [3.05, 3.63) is 21.7 Å². The van der Waals surface area contributed by atoms with Crippen LogP contribution in [0.3, 0.4) is 0 Å². The highest BCUT2D eigenvalue weighted by molar-refractivity contribution is 9.10. The number of halogens is 1. The molecule has 0 bridgehead atoms. The number of hydrogen-bond donors (Lipinski definition) is 0. The molecule has 1 aliphatic rings. The molecule has 0 amide bonds. The highest BCUT2D eigenvalue weighted by atomic mass is 79.9. The summed E-state index contributed by atoms with van der Waals surface area (Å²) in [7, 11) is 1.55. The highest BCUT2D eigenvalue weighted by Crippen LogP contribution is 2.40. The molecule has 0 spiro atoms. The summed E-state index contributed by atoms with van der Waals surface area (Å²) in [5, 5.41) is 0. The Bertz CT molecular complexity index is 387. The van der Waals surface area contributed by atoms with Gasteiger partial charge >= 0.3 is 0 Å². The van der Waals surface area contributed by atoms with Crippen LogP contribution in [0.2, 0.25) is 0 Å². The van der Waals surface area contributed by atoms with Gasteiger partial charge < -0.3 is 9.47 Å². The molecule has 0 radical (unpaired) electrons. The molecule has 0 saturated carbocycles. The molecule has 3 nitrogen and oxygen atoms in total. The maximum Gasteiger partial charge on any atom is 0.153 e. The van der Waals surface area contributed by atoms with Gasteiger partial charge in [-0.15, -0.1) is 0 Å². The van der Waals surface area contributed by atoms with E-state index in [0.717, 1.165) is 28.5 Å². The monoisotopic (exact) mass is 256 g/mol. The second kappa shape index (κ2) is 3.61. The minimum absolute atomic E-state index is 0.514. The Morgan fingerprint density at radius 2 is 2.43 bits per heavy atom. The summed E-state index contributed by atoms with van der Waals surface area (Å²) in [6.07, 6.45) is 1.62. The standard InChI is InChI=1S/C10H9BrO3/c1-13-10-6(5-12)4-8-7(9(10)11)2-3-14-8/h4-5H,2-3H2,1H3. The van der Waals surface area contributed by atoms with Crippen molar-refractivity contribution in [2.45, 2.75) is 6.42 Å². The first-order valence-corrected chi connectivity index (χ1v) is 5.04. The molecule has 0 fully saturated rings. The summed E-state index contributed by atoms with van der Waals surface area (Å²) in [5.74, 6) is 1.36. The first kappa shape index (κ1) is 9.52. The lowest BCUT2D eigenvalue weighted by atomic mass is 10.1. The van der Waals surface area contributed by atoms with E-state index in [1.807, 2.05) is 0 Å². The lowest BCUT2D eigenvalue weighted by Gasteiger charge is -2.09. The number of fused-ring (bicyclic) bond motifs is 1. The van der Waals surface area contributed by atoms with Gasteiger partial charge in [-0.1, -0.05) is 0 Å². The average molecular weight is 257 g/mol. The molecule has 0 saturated heterocycles. The van der Waals surface area contributed by atoms with Crippen LogP contribution in [0.4, 0.5) is 0 Å². The summed E-state index contributed by atoms with van der Waals surface area (Å²) < 4.78 is 11.4. The molecule has 0 aliphatic carbocycles. The van der Waals surface area contributed by atoms with E-state index >= 15 is 0 Å². The lowest BCUT2D eigenvalue weighted by Crippen LogP contribution is -1.94. The number of hydrogen-bond acceptors (Lipinski definition) is 3. The van der Waals surface area contributed by atoms with E-state index in [1.54, 1.807) is 13.2 Å². The van der Waals surface area contributed by atoms with Crippen LogP contribution in [-0.4, -0.2) is 20.0 Å². The molecular formula is C10H9BrO3. The molecule has 74 valence electrons. The van der Waals surface area contributed by atoms with Crippen LogP contribution in [0, 0.1) is 0 Å². The SMILES string of the molecule is COc1c(C=O)cc2c(c1Br)CCO2. The fourth-order valence-corrected chi connectivity index (χ4v) is 2.37. The highest BCUT2D eigenvalue weighted by Gasteiger charge is 2.21. The molecule has 0 N–H and O–H groups in total. The van der Waals surface area contributed by atoms with Gasteiger partial charge in [-0.3, -0.25) is 4.79 Å². The quantitative estimate of drug-likeness (QED) is 0.762. The second-order valence-corrected chi connectivity index (χ2v) is 3.80. The molecule has 1 aliphatic heterocycles. The van der Waals surface area contributed by atoms with Gasteiger partial charge in [0.15, 0.2) is 6.29 Å².